The topological polar surface area (TPSA) is 61.4 Å². The summed E-state index contributed by atoms with van der Waals surface area (Å²) in [4.78, 5) is 28.0. The fourth-order valence-electron chi connectivity index (χ4n) is 4.66. The van der Waals surface area contributed by atoms with Gasteiger partial charge in [0.2, 0.25) is 5.91 Å². The zero-order chi connectivity index (χ0) is 24.7. The van der Waals surface area contributed by atoms with Crippen LogP contribution in [-0.4, -0.2) is 41.5 Å². The van der Waals surface area contributed by atoms with E-state index >= 15 is 0 Å². The minimum atomic E-state index is -0.605. The molecule has 0 aromatic heterocycles. The smallest absolute Gasteiger partial charge is 0.318 e. The zero-order valence-corrected chi connectivity index (χ0v) is 20.8. The number of halogens is 1. The van der Waals surface area contributed by atoms with Crippen LogP contribution in [0.5, 0.6) is 0 Å². The van der Waals surface area contributed by atoms with Crippen molar-refractivity contribution in [3.05, 3.63) is 71.5 Å². The van der Waals surface area contributed by atoms with Gasteiger partial charge in [0.1, 0.15) is 11.9 Å². The minimum absolute atomic E-state index is 0.177. The number of amides is 3. The molecule has 184 valence electrons. The van der Waals surface area contributed by atoms with E-state index in [1.807, 2.05) is 38.7 Å². The first-order valence-corrected chi connectivity index (χ1v) is 12.3. The number of carbonyl (C=O) groups is 2. The molecule has 0 radical (unpaired) electrons. The summed E-state index contributed by atoms with van der Waals surface area (Å²) in [6.07, 6.45) is 2.96. The van der Waals surface area contributed by atoms with Crippen LogP contribution in [0.1, 0.15) is 64.0 Å². The Morgan fingerprint density at radius 2 is 1.65 bits per heavy atom. The van der Waals surface area contributed by atoms with E-state index in [0.29, 0.717) is 31.8 Å². The molecular weight excluding hydrogens is 429 g/mol. The van der Waals surface area contributed by atoms with E-state index in [-0.39, 0.29) is 23.7 Å². The Labute approximate surface area is 203 Å². The van der Waals surface area contributed by atoms with Crippen molar-refractivity contribution in [1.29, 1.82) is 0 Å². The number of nitrogens with one attached hydrogen (secondary N) is 2. The Kier molecular flexibility index (Phi) is 8.70. The molecule has 1 heterocycles. The molecule has 2 aromatic carbocycles. The van der Waals surface area contributed by atoms with Crippen molar-refractivity contribution in [2.75, 3.05) is 13.1 Å². The number of urea groups is 1. The van der Waals surface area contributed by atoms with Crippen LogP contribution >= 0.6 is 0 Å². The van der Waals surface area contributed by atoms with Gasteiger partial charge >= 0.3 is 6.03 Å². The summed E-state index contributed by atoms with van der Waals surface area (Å²) in [6.45, 7) is 9.32. The van der Waals surface area contributed by atoms with E-state index < -0.39 is 11.6 Å². The fourth-order valence-corrected chi connectivity index (χ4v) is 4.66. The Bertz CT molecular complexity index is 936. The summed E-state index contributed by atoms with van der Waals surface area (Å²) in [5.41, 5.74) is 1.73. The first-order valence-electron chi connectivity index (χ1n) is 12.3. The van der Waals surface area contributed by atoms with Gasteiger partial charge in [-0.05, 0) is 74.6 Å². The fraction of sp³-hybridized carbons (Fsp3) is 0.500. The number of hydrogen-bond acceptors (Lipinski definition) is 2. The highest BCUT2D eigenvalue weighted by molar-refractivity contribution is 5.87. The van der Waals surface area contributed by atoms with Gasteiger partial charge in [0.05, 0.1) is 0 Å². The zero-order valence-electron chi connectivity index (χ0n) is 20.8. The summed E-state index contributed by atoms with van der Waals surface area (Å²) in [7, 11) is 0. The Morgan fingerprint density at radius 3 is 2.24 bits per heavy atom. The average molecular weight is 468 g/mol. The second kappa shape index (κ2) is 11.5. The summed E-state index contributed by atoms with van der Waals surface area (Å²) >= 11 is 0. The van der Waals surface area contributed by atoms with E-state index in [9.17, 15) is 14.0 Å². The molecule has 5 nitrogen and oxygen atoms in total. The molecule has 34 heavy (non-hydrogen) atoms. The van der Waals surface area contributed by atoms with Gasteiger partial charge in [-0.2, -0.15) is 0 Å². The number of benzene rings is 2. The van der Waals surface area contributed by atoms with Crippen LogP contribution < -0.4 is 10.6 Å². The number of nitrogens with zero attached hydrogens (tertiary/aromatic N) is 1. The summed E-state index contributed by atoms with van der Waals surface area (Å²) < 4.78 is 13.2. The summed E-state index contributed by atoms with van der Waals surface area (Å²) in [6, 6.07) is 16.0. The highest BCUT2D eigenvalue weighted by Gasteiger charge is 2.30. The lowest BCUT2D eigenvalue weighted by Gasteiger charge is -2.34. The average Bonchev–Trinajstić information content (AvgIpc) is 2.80. The van der Waals surface area contributed by atoms with E-state index in [4.69, 9.17) is 0 Å². The maximum atomic E-state index is 13.2. The lowest BCUT2D eigenvalue weighted by atomic mass is 9.89. The Hall–Kier alpha value is -2.89. The summed E-state index contributed by atoms with van der Waals surface area (Å²) in [5.74, 6) is 0.249. The Morgan fingerprint density at radius 1 is 1.03 bits per heavy atom. The molecule has 0 unspecified atom stereocenters. The molecule has 0 aliphatic carbocycles. The van der Waals surface area contributed by atoms with Crippen molar-refractivity contribution in [2.24, 2.45) is 5.92 Å². The standard InChI is InChI=1S/C28H38FN3O2/c1-20(2)18-25(26(33)31-28(3,4)19-21-10-12-24(29)13-11-21)30-27(34)32-16-14-23(15-17-32)22-8-6-5-7-9-22/h5-13,20,23,25H,14-19H2,1-4H3,(H,30,34)(H,31,33)/t25-/m0/s1. The first-order chi connectivity index (χ1) is 16.1. The maximum Gasteiger partial charge on any atom is 0.318 e. The lowest BCUT2D eigenvalue weighted by molar-refractivity contribution is -0.125. The van der Waals surface area contributed by atoms with Gasteiger partial charge in [-0.1, -0.05) is 56.3 Å². The van der Waals surface area contributed by atoms with Crippen LogP contribution in [0.3, 0.4) is 0 Å². The second-order valence-corrected chi connectivity index (χ2v) is 10.5. The predicted molar refractivity (Wildman–Crippen MR) is 134 cm³/mol. The normalized spacial score (nSPS) is 15.8. The highest BCUT2D eigenvalue weighted by Crippen LogP contribution is 2.27. The molecule has 6 heteroatoms. The monoisotopic (exact) mass is 467 g/mol. The molecular formula is C28H38FN3O2. The van der Waals surface area contributed by atoms with Gasteiger partial charge in [0, 0.05) is 18.6 Å². The van der Waals surface area contributed by atoms with Gasteiger partial charge < -0.3 is 15.5 Å². The molecule has 2 aromatic rings. The predicted octanol–water partition coefficient (Wildman–Crippen LogP) is 5.27. The minimum Gasteiger partial charge on any atom is -0.349 e. The van der Waals surface area contributed by atoms with Crippen molar-refractivity contribution in [3.8, 4) is 0 Å². The van der Waals surface area contributed by atoms with Crippen LogP contribution in [0.15, 0.2) is 54.6 Å². The molecule has 3 rings (SSSR count). The van der Waals surface area contributed by atoms with Crippen molar-refractivity contribution in [1.82, 2.24) is 15.5 Å². The third-order valence-corrected chi connectivity index (χ3v) is 6.40. The largest absolute Gasteiger partial charge is 0.349 e. The second-order valence-electron chi connectivity index (χ2n) is 10.5. The number of rotatable bonds is 8. The highest BCUT2D eigenvalue weighted by atomic mass is 19.1. The van der Waals surface area contributed by atoms with Crippen LogP contribution in [0.2, 0.25) is 0 Å². The molecule has 3 amide bonds. The van der Waals surface area contributed by atoms with E-state index in [2.05, 4.69) is 34.9 Å². The lowest BCUT2D eigenvalue weighted by Crippen LogP contribution is -2.56. The number of likely N-dealkylation sites (tertiary alicyclic amines) is 1. The third-order valence-electron chi connectivity index (χ3n) is 6.40. The van der Waals surface area contributed by atoms with Gasteiger partial charge in [0.25, 0.3) is 0 Å². The molecule has 0 saturated carbocycles. The quantitative estimate of drug-likeness (QED) is 0.556. The van der Waals surface area contributed by atoms with E-state index in [1.54, 1.807) is 12.1 Å². The molecule has 0 spiro atoms. The maximum absolute atomic E-state index is 13.2. The van der Waals surface area contributed by atoms with Crippen molar-refractivity contribution in [2.45, 2.75) is 70.9 Å². The number of piperidine rings is 1. The van der Waals surface area contributed by atoms with Crippen molar-refractivity contribution in [3.63, 3.8) is 0 Å². The third kappa shape index (κ3) is 7.57. The molecule has 2 N–H and O–H groups in total. The summed E-state index contributed by atoms with van der Waals surface area (Å²) in [5, 5.41) is 6.09. The van der Waals surface area contributed by atoms with Gasteiger partial charge in [0.15, 0.2) is 0 Å². The molecule has 1 saturated heterocycles. The van der Waals surface area contributed by atoms with E-state index in [1.165, 1.54) is 17.7 Å². The SMILES string of the molecule is CC(C)C[C@H](NC(=O)N1CCC(c2ccccc2)CC1)C(=O)NC(C)(C)Cc1ccc(F)cc1. The van der Waals surface area contributed by atoms with E-state index in [0.717, 1.165) is 18.4 Å². The molecule has 1 atom stereocenters. The number of carbonyl (C=O) groups excluding carboxylic acids is 2. The van der Waals surface area contributed by atoms with Crippen LogP contribution in [0, 0.1) is 11.7 Å². The van der Waals surface area contributed by atoms with Gasteiger partial charge in [-0.3, -0.25) is 4.79 Å². The molecule has 1 fully saturated rings. The van der Waals surface area contributed by atoms with Crippen LogP contribution in [-0.2, 0) is 11.2 Å². The first kappa shape index (κ1) is 25.7. The Balaban J connectivity index is 1.57. The number of hydrogen-bond donors (Lipinski definition) is 2. The molecule has 1 aliphatic rings. The van der Waals surface area contributed by atoms with Crippen molar-refractivity contribution < 1.29 is 14.0 Å². The molecule has 1 aliphatic heterocycles. The van der Waals surface area contributed by atoms with Crippen LogP contribution in [0.4, 0.5) is 9.18 Å². The van der Waals surface area contributed by atoms with Gasteiger partial charge in [-0.25, -0.2) is 9.18 Å². The molecule has 0 bridgehead atoms. The van der Waals surface area contributed by atoms with Gasteiger partial charge in [-0.15, -0.1) is 0 Å². The van der Waals surface area contributed by atoms with Crippen molar-refractivity contribution >= 4 is 11.9 Å². The van der Waals surface area contributed by atoms with Crippen LogP contribution in [0.25, 0.3) is 0 Å².